The molecule has 0 spiro atoms. The molecular formula is C16H27N3O. The third-order valence-electron chi connectivity index (χ3n) is 4.88. The topological polar surface area (TPSA) is 41.3 Å². The normalized spacial score (nSPS) is 24.8. The van der Waals surface area contributed by atoms with Crippen LogP contribution in [-0.4, -0.2) is 29.2 Å². The number of rotatable bonds is 6. The maximum absolute atomic E-state index is 5.50. The van der Waals surface area contributed by atoms with Gasteiger partial charge in [-0.3, -0.25) is 4.90 Å². The van der Waals surface area contributed by atoms with E-state index in [1.54, 1.807) is 0 Å². The van der Waals surface area contributed by atoms with Crippen LogP contribution in [0.2, 0.25) is 0 Å². The van der Waals surface area contributed by atoms with Crippen molar-refractivity contribution >= 4 is 0 Å². The Labute approximate surface area is 121 Å². The van der Waals surface area contributed by atoms with Crippen molar-refractivity contribution in [3.63, 3.8) is 0 Å². The summed E-state index contributed by atoms with van der Waals surface area (Å²) in [7, 11) is 0. The Morgan fingerprint density at radius 2 is 2.15 bits per heavy atom. The minimum absolute atomic E-state index is 0.791. The summed E-state index contributed by atoms with van der Waals surface area (Å²) < 4.78 is 5.50. The lowest BCUT2D eigenvalue weighted by atomic mass is 9.96. The minimum Gasteiger partial charge on any atom is -0.360 e. The van der Waals surface area contributed by atoms with E-state index in [9.17, 15) is 0 Å². The van der Waals surface area contributed by atoms with Gasteiger partial charge in [-0.05, 0) is 44.7 Å². The molecule has 2 aliphatic rings. The Morgan fingerprint density at radius 3 is 2.95 bits per heavy atom. The van der Waals surface area contributed by atoms with Crippen LogP contribution in [0.15, 0.2) is 10.6 Å². The van der Waals surface area contributed by atoms with Gasteiger partial charge in [0.1, 0.15) is 0 Å². The molecule has 0 radical (unpaired) electrons. The molecule has 0 aromatic carbocycles. The Bertz CT molecular complexity index is 412. The molecule has 1 saturated heterocycles. The first kappa shape index (κ1) is 14.1. The van der Waals surface area contributed by atoms with Crippen molar-refractivity contribution in [3.8, 4) is 0 Å². The van der Waals surface area contributed by atoms with Crippen LogP contribution < -0.4 is 5.32 Å². The summed E-state index contributed by atoms with van der Waals surface area (Å²) in [5, 5.41) is 7.44. The first-order valence-electron chi connectivity index (χ1n) is 8.26. The van der Waals surface area contributed by atoms with Gasteiger partial charge in [0.05, 0.1) is 12.2 Å². The lowest BCUT2D eigenvalue weighted by Gasteiger charge is -2.28. The van der Waals surface area contributed by atoms with Gasteiger partial charge in [0.15, 0.2) is 5.76 Å². The third kappa shape index (κ3) is 3.23. The second-order valence-electron chi connectivity index (χ2n) is 6.29. The van der Waals surface area contributed by atoms with E-state index in [4.69, 9.17) is 4.52 Å². The third-order valence-corrected chi connectivity index (χ3v) is 4.88. The monoisotopic (exact) mass is 277 g/mol. The van der Waals surface area contributed by atoms with Crippen molar-refractivity contribution in [1.82, 2.24) is 15.4 Å². The Morgan fingerprint density at radius 1 is 1.30 bits per heavy atom. The van der Waals surface area contributed by atoms with Gasteiger partial charge < -0.3 is 9.84 Å². The highest BCUT2D eigenvalue weighted by molar-refractivity contribution is 5.06. The molecule has 1 aromatic heterocycles. The lowest BCUT2D eigenvalue weighted by Crippen LogP contribution is -2.34. The van der Waals surface area contributed by atoms with Crippen LogP contribution in [0, 0.1) is 5.92 Å². The van der Waals surface area contributed by atoms with Gasteiger partial charge in [-0.15, -0.1) is 0 Å². The predicted octanol–water partition coefficient (Wildman–Crippen LogP) is 2.94. The smallest absolute Gasteiger partial charge is 0.151 e. The fourth-order valence-electron chi connectivity index (χ4n) is 3.89. The first-order valence-corrected chi connectivity index (χ1v) is 8.26. The highest BCUT2D eigenvalue weighted by Crippen LogP contribution is 2.36. The zero-order chi connectivity index (χ0) is 13.8. The number of nitrogens with zero attached hydrogens (tertiary/aromatic N) is 2. The molecule has 0 bridgehead atoms. The summed E-state index contributed by atoms with van der Waals surface area (Å²) in [5.74, 6) is 1.96. The number of hydrogen-bond acceptors (Lipinski definition) is 4. The van der Waals surface area contributed by atoms with Crippen LogP contribution in [0.3, 0.4) is 0 Å². The van der Waals surface area contributed by atoms with Crippen LogP contribution in [0.1, 0.15) is 56.9 Å². The summed E-state index contributed by atoms with van der Waals surface area (Å²) >= 11 is 0. The highest BCUT2D eigenvalue weighted by atomic mass is 16.5. The van der Waals surface area contributed by atoms with E-state index in [0.717, 1.165) is 43.0 Å². The molecule has 0 amide bonds. The molecule has 4 nitrogen and oxygen atoms in total. The van der Waals surface area contributed by atoms with Gasteiger partial charge in [-0.1, -0.05) is 24.9 Å². The van der Waals surface area contributed by atoms with Crippen LogP contribution in [0.25, 0.3) is 0 Å². The molecule has 1 saturated carbocycles. The molecule has 1 aliphatic carbocycles. The van der Waals surface area contributed by atoms with Crippen LogP contribution in [0.5, 0.6) is 0 Å². The van der Waals surface area contributed by atoms with E-state index < -0.39 is 0 Å². The van der Waals surface area contributed by atoms with Gasteiger partial charge in [0, 0.05) is 18.7 Å². The second-order valence-corrected chi connectivity index (χ2v) is 6.29. The van der Waals surface area contributed by atoms with E-state index in [1.807, 2.05) is 0 Å². The predicted molar refractivity (Wildman–Crippen MR) is 79.3 cm³/mol. The summed E-state index contributed by atoms with van der Waals surface area (Å²) in [6.07, 6.45) is 8.46. The molecule has 1 aliphatic heterocycles. The summed E-state index contributed by atoms with van der Waals surface area (Å²) in [6, 6.07) is 2.91. The molecule has 1 unspecified atom stereocenters. The molecule has 20 heavy (non-hydrogen) atoms. The average molecular weight is 277 g/mol. The van der Waals surface area contributed by atoms with Gasteiger partial charge in [-0.2, -0.15) is 0 Å². The van der Waals surface area contributed by atoms with Gasteiger partial charge in [-0.25, -0.2) is 0 Å². The highest BCUT2D eigenvalue weighted by Gasteiger charge is 2.33. The van der Waals surface area contributed by atoms with Gasteiger partial charge in [0.2, 0.25) is 0 Å². The molecule has 112 valence electrons. The summed E-state index contributed by atoms with van der Waals surface area (Å²) in [4.78, 5) is 2.63. The molecule has 3 rings (SSSR count). The van der Waals surface area contributed by atoms with Crippen molar-refractivity contribution in [1.29, 1.82) is 0 Å². The fourth-order valence-corrected chi connectivity index (χ4v) is 3.89. The minimum atomic E-state index is 0.791. The van der Waals surface area contributed by atoms with E-state index in [1.165, 1.54) is 45.1 Å². The van der Waals surface area contributed by atoms with Gasteiger partial charge in [0.25, 0.3) is 0 Å². The standard InChI is InChI=1S/C16H27N3O/c1-2-17-11-14-10-15(20-18-14)12-19-9-5-8-16(19)13-6-3-4-7-13/h10,13,16-17H,2-9,11-12H2,1H3. The number of likely N-dealkylation sites (tertiary alicyclic amines) is 1. The number of aromatic nitrogens is 1. The molecule has 1 aromatic rings. The molecule has 2 heterocycles. The quantitative estimate of drug-likeness (QED) is 0.868. The fraction of sp³-hybridized carbons (Fsp3) is 0.812. The average Bonchev–Trinajstić information content (AvgIpc) is 3.18. The zero-order valence-corrected chi connectivity index (χ0v) is 12.6. The van der Waals surface area contributed by atoms with Crippen LogP contribution >= 0.6 is 0 Å². The molecule has 1 N–H and O–H groups in total. The Hall–Kier alpha value is -0.870. The zero-order valence-electron chi connectivity index (χ0n) is 12.6. The number of nitrogens with one attached hydrogen (secondary N) is 1. The Balaban J connectivity index is 1.57. The molecule has 4 heteroatoms. The molecule has 1 atom stereocenters. The maximum atomic E-state index is 5.50. The van der Waals surface area contributed by atoms with Crippen molar-refractivity contribution < 1.29 is 4.52 Å². The lowest BCUT2D eigenvalue weighted by molar-refractivity contribution is 0.166. The van der Waals surface area contributed by atoms with Crippen LogP contribution in [0.4, 0.5) is 0 Å². The maximum Gasteiger partial charge on any atom is 0.151 e. The van der Waals surface area contributed by atoms with E-state index in [-0.39, 0.29) is 0 Å². The molecule has 2 fully saturated rings. The second kappa shape index (κ2) is 6.72. The van der Waals surface area contributed by atoms with E-state index in [2.05, 4.69) is 28.4 Å². The Kier molecular flexibility index (Phi) is 4.73. The summed E-state index contributed by atoms with van der Waals surface area (Å²) in [6.45, 7) is 6.06. The van der Waals surface area contributed by atoms with E-state index in [0.29, 0.717) is 0 Å². The number of hydrogen-bond donors (Lipinski definition) is 1. The molecular weight excluding hydrogens is 250 g/mol. The SMILES string of the molecule is CCNCc1cc(CN2CCCC2C2CCCC2)on1. The summed E-state index contributed by atoms with van der Waals surface area (Å²) in [5.41, 5.74) is 1.03. The largest absolute Gasteiger partial charge is 0.360 e. The van der Waals surface area contributed by atoms with Crippen molar-refractivity contribution in [3.05, 3.63) is 17.5 Å². The van der Waals surface area contributed by atoms with E-state index >= 15 is 0 Å². The van der Waals surface area contributed by atoms with Crippen molar-refractivity contribution in [2.45, 2.75) is 64.6 Å². The van der Waals surface area contributed by atoms with Gasteiger partial charge >= 0.3 is 0 Å². The van der Waals surface area contributed by atoms with Crippen molar-refractivity contribution in [2.75, 3.05) is 13.1 Å². The van der Waals surface area contributed by atoms with Crippen LogP contribution in [-0.2, 0) is 13.1 Å². The first-order chi connectivity index (χ1) is 9.86. The van der Waals surface area contributed by atoms with Crippen molar-refractivity contribution in [2.24, 2.45) is 5.92 Å².